The maximum absolute atomic E-state index is 12.7. The molecule has 2 heterocycles. The Kier molecular flexibility index (Phi) is 7.14. The van der Waals surface area contributed by atoms with Gasteiger partial charge in [-0.15, -0.1) is 0 Å². The predicted molar refractivity (Wildman–Crippen MR) is 124 cm³/mol. The van der Waals surface area contributed by atoms with Crippen molar-refractivity contribution in [3.8, 4) is 0 Å². The van der Waals surface area contributed by atoms with Gasteiger partial charge in [0.05, 0.1) is 23.5 Å². The average molecular weight is 472 g/mol. The summed E-state index contributed by atoms with van der Waals surface area (Å²) in [6.07, 6.45) is 0.702. The first-order valence-corrected chi connectivity index (χ1v) is 12.1. The Balaban J connectivity index is 1.36. The number of amides is 1. The molecule has 1 saturated heterocycles. The Morgan fingerprint density at radius 2 is 1.76 bits per heavy atom. The number of anilines is 1. The van der Waals surface area contributed by atoms with Gasteiger partial charge in [-0.2, -0.15) is 5.10 Å². The Hall–Kier alpha value is -3.12. The van der Waals surface area contributed by atoms with Crippen molar-refractivity contribution in [1.29, 1.82) is 0 Å². The Morgan fingerprint density at radius 1 is 1.06 bits per heavy atom. The molecule has 10 nitrogen and oxygen atoms in total. The van der Waals surface area contributed by atoms with Crippen LogP contribution in [0.5, 0.6) is 0 Å². The van der Waals surface area contributed by atoms with E-state index in [2.05, 4.69) is 25.1 Å². The number of ether oxygens (including phenoxy) is 1. The van der Waals surface area contributed by atoms with Crippen LogP contribution in [0.25, 0.3) is 10.8 Å². The maximum Gasteiger partial charge on any atom is 0.276 e. The lowest BCUT2D eigenvalue weighted by Crippen LogP contribution is -2.38. The molecule has 2 aromatic carbocycles. The summed E-state index contributed by atoms with van der Waals surface area (Å²) < 4.78 is 33.0. The molecule has 174 valence electrons. The fourth-order valence-electron chi connectivity index (χ4n) is 3.61. The van der Waals surface area contributed by atoms with Gasteiger partial charge < -0.3 is 10.1 Å². The summed E-state index contributed by atoms with van der Waals surface area (Å²) in [5, 5.41) is 9.66. The Bertz CT molecular complexity index is 1280. The third-order valence-corrected chi connectivity index (χ3v) is 6.86. The molecule has 1 aliphatic rings. The molecule has 4 rings (SSSR count). The Morgan fingerprint density at radius 3 is 2.48 bits per heavy atom. The van der Waals surface area contributed by atoms with Crippen LogP contribution in [0.3, 0.4) is 0 Å². The quantitative estimate of drug-likeness (QED) is 0.420. The second-order valence-electron chi connectivity index (χ2n) is 7.63. The fourth-order valence-corrected chi connectivity index (χ4v) is 4.69. The summed E-state index contributed by atoms with van der Waals surface area (Å²) in [7, 11) is -3.65. The van der Waals surface area contributed by atoms with Crippen molar-refractivity contribution in [2.45, 2.75) is 11.3 Å². The summed E-state index contributed by atoms with van der Waals surface area (Å²) in [5.74, 6) is -0.515. The molecule has 1 aliphatic heterocycles. The van der Waals surface area contributed by atoms with E-state index in [0.717, 1.165) is 19.6 Å². The number of aromatic amines is 1. The standard InChI is InChI=1S/C22H25N5O5S/c28-21-19-5-2-1-4-18(19)20(25-26-21)22(29)24-16-6-8-17(9-7-16)33(30,31)23-10-3-11-27-12-14-32-15-13-27/h1-2,4-9,23H,3,10-15H2,(H,24,29)(H,26,28). The SMILES string of the molecule is O=C(Nc1ccc(S(=O)(=O)NCCCN2CCOCC2)cc1)c1n[nH]c(=O)c2ccccc12. The molecule has 33 heavy (non-hydrogen) atoms. The van der Waals surface area contributed by atoms with Gasteiger partial charge in [0.2, 0.25) is 10.0 Å². The van der Waals surface area contributed by atoms with Gasteiger partial charge in [-0.25, -0.2) is 18.2 Å². The zero-order valence-electron chi connectivity index (χ0n) is 17.9. The number of carbonyl (C=O) groups excluding carboxylic acids is 1. The third kappa shape index (κ3) is 5.63. The normalized spacial score (nSPS) is 14.9. The first kappa shape index (κ1) is 23.1. The van der Waals surface area contributed by atoms with Gasteiger partial charge in [-0.05, 0) is 43.3 Å². The third-order valence-electron chi connectivity index (χ3n) is 5.38. The van der Waals surface area contributed by atoms with Gasteiger partial charge >= 0.3 is 0 Å². The molecule has 0 radical (unpaired) electrons. The number of fused-ring (bicyclic) bond motifs is 1. The minimum atomic E-state index is -3.65. The summed E-state index contributed by atoms with van der Waals surface area (Å²) in [5.41, 5.74) is 0.0985. The molecule has 0 atom stereocenters. The van der Waals surface area contributed by atoms with Crippen LogP contribution in [0.15, 0.2) is 58.2 Å². The van der Waals surface area contributed by atoms with E-state index in [1.807, 2.05) is 0 Å². The maximum atomic E-state index is 12.7. The van der Waals surface area contributed by atoms with Gasteiger partial charge in [0, 0.05) is 30.7 Å². The van der Waals surface area contributed by atoms with E-state index < -0.39 is 15.9 Å². The molecule has 3 aromatic rings. The molecule has 0 aliphatic carbocycles. The predicted octanol–water partition coefficient (Wildman–Crippen LogP) is 1.18. The van der Waals surface area contributed by atoms with Gasteiger partial charge in [0.25, 0.3) is 11.5 Å². The largest absolute Gasteiger partial charge is 0.379 e. The first-order valence-electron chi connectivity index (χ1n) is 10.6. The van der Waals surface area contributed by atoms with E-state index >= 15 is 0 Å². The van der Waals surface area contributed by atoms with E-state index in [-0.39, 0.29) is 16.1 Å². The summed E-state index contributed by atoms with van der Waals surface area (Å²) in [6, 6.07) is 12.6. The molecule has 3 N–H and O–H groups in total. The van der Waals surface area contributed by atoms with Gasteiger partial charge in [0.15, 0.2) is 5.69 Å². The van der Waals surface area contributed by atoms with Crippen molar-refractivity contribution in [1.82, 2.24) is 19.8 Å². The molecule has 1 aromatic heterocycles. The molecule has 11 heteroatoms. The lowest BCUT2D eigenvalue weighted by molar-refractivity contribution is 0.0376. The van der Waals surface area contributed by atoms with E-state index in [1.165, 1.54) is 24.3 Å². The molecule has 0 bridgehead atoms. The highest BCUT2D eigenvalue weighted by Crippen LogP contribution is 2.17. The summed E-state index contributed by atoms with van der Waals surface area (Å²) in [4.78, 5) is 26.9. The number of hydrogen-bond acceptors (Lipinski definition) is 7. The number of nitrogens with zero attached hydrogens (tertiary/aromatic N) is 2. The minimum Gasteiger partial charge on any atom is -0.379 e. The number of morpholine rings is 1. The Labute approximate surface area is 191 Å². The summed E-state index contributed by atoms with van der Waals surface area (Å²) >= 11 is 0. The number of benzene rings is 2. The van der Waals surface area contributed by atoms with E-state index in [0.29, 0.717) is 42.6 Å². The van der Waals surface area contributed by atoms with Crippen LogP contribution in [-0.2, 0) is 14.8 Å². The number of hydrogen-bond donors (Lipinski definition) is 3. The molecule has 1 amide bonds. The van der Waals surface area contributed by atoms with Crippen molar-refractivity contribution in [3.63, 3.8) is 0 Å². The molecular weight excluding hydrogens is 446 g/mol. The lowest BCUT2D eigenvalue weighted by atomic mass is 10.1. The highest BCUT2D eigenvalue weighted by atomic mass is 32.2. The van der Waals surface area contributed by atoms with Crippen molar-refractivity contribution in [2.75, 3.05) is 44.7 Å². The van der Waals surface area contributed by atoms with Crippen LogP contribution in [0.4, 0.5) is 5.69 Å². The molecule has 0 spiro atoms. The van der Waals surface area contributed by atoms with E-state index in [9.17, 15) is 18.0 Å². The first-order chi connectivity index (χ1) is 15.9. The minimum absolute atomic E-state index is 0.0730. The van der Waals surface area contributed by atoms with Crippen molar-refractivity contribution >= 4 is 32.4 Å². The zero-order valence-corrected chi connectivity index (χ0v) is 18.7. The number of H-pyrrole nitrogens is 1. The topological polar surface area (TPSA) is 133 Å². The highest BCUT2D eigenvalue weighted by molar-refractivity contribution is 7.89. The van der Waals surface area contributed by atoms with E-state index in [1.54, 1.807) is 24.3 Å². The summed E-state index contributed by atoms with van der Waals surface area (Å²) in [6.45, 7) is 4.30. The van der Waals surface area contributed by atoms with Crippen LogP contribution in [-0.4, -0.2) is 68.8 Å². The number of rotatable bonds is 8. The van der Waals surface area contributed by atoms with Crippen LogP contribution in [0.1, 0.15) is 16.9 Å². The van der Waals surface area contributed by atoms with Crippen molar-refractivity contribution < 1.29 is 17.9 Å². The number of aromatic nitrogens is 2. The van der Waals surface area contributed by atoms with Crippen LogP contribution >= 0.6 is 0 Å². The number of sulfonamides is 1. The van der Waals surface area contributed by atoms with Gasteiger partial charge in [0.1, 0.15) is 0 Å². The zero-order chi connectivity index (χ0) is 23.3. The lowest BCUT2D eigenvalue weighted by Gasteiger charge is -2.26. The van der Waals surface area contributed by atoms with Crippen molar-refractivity contribution in [3.05, 3.63) is 64.6 Å². The average Bonchev–Trinajstić information content (AvgIpc) is 2.83. The highest BCUT2D eigenvalue weighted by Gasteiger charge is 2.17. The smallest absolute Gasteiger partial charge is 0.276 e. The second-order valence-corrected chi connectivity index (χ2v) is 9.40. The fraction of sp³-hybridized carbons (Fsp3) is 0.318. The molecule has 1 fully saturated rings. The van der Waals surface area contributed by atoms with E-state index in [4.69, 9.17) is 4.74 Å². The number of nitrogens with one attached hydrogen (secondary N) is 3. The van der Waals surface area contributed by atoms with Crippen LogP contribution in [0.2, 0.25) is 0 Å². The van der Waals surface area contributed by atoms with Gasteiger partial charge in [-0.3, -0.25) is 14.5 Å². The van der Waals surface area contributed by atoms with Gasteiger partial charge in [-0.1, -0.05) is 18.2 Å². The monoisotopic (exact) mass is 471 g/mol. The van der Waals surface area contributed by atoms with Crippen molar-refractivity contribution in [2.24, 2.45) is 0 Å². The molecule has 0 unspecified atom stereocenters. The van der Waals surface area contributed by atoms with Crippen LogP contribution in [0, 0.1) is 0 Å². The molecular formula is C22H25N5O5S. The molecule has 0 saturated carbocycles. The second kappa shape index (κ2) is 10.2. The van der Waals surface area contributed by atoms with Crippen LogP contribution < -0.4 is 15.6 Å². The number of carbonyl (C=O) groups is 1.